The van der Waals surface area contributed by atoms with E-state index in [2.05, 4.69) is 10.6 Å². The molecule has 9 heteroatoms. The molecule has 0 spiro atoms. The molecule has 7 nitrogen and oxygen atoms in total. The summed E-state index contributed by atoms with van der Waals surface area (Å²) in [6, 6.07) is 11.2. The molecule has 1 unspecified atom stereocenters. The van der Waals surface area contributed by atoms with E-state index in [1.165, 1.54) is 6.07 Å². The van der Waals surface area contributed by atoms with Gasteiger partial charge in [0.25, 0.3) is 0 Å². The largest absolute Gasteiger partial charge is 0.478 e. The molecule has 0 fully saturated rings. The predicted octanol–water partition coefficient (Wildman–Crippen LogP) is 4.23. The summed E-state index contributed by atoms with van der Waals surface area (Å²) in [5.41, 5.74) is 0.389. The highest BCUT2D eigenvalue weighted by Gasteiger charge is 2.28. The highest BCUT2D eigenvalue weighted by Crippen LogP contribution is 2.41. The number of β-amino-alcohol motifs (C(OH)–C–C–N with tert-alkyl or cyclic N) is 1. The Hall–Kier alpha value is -2.58. The molecule has 0 radical (unpaired) electrons. The molecule has 2 rings (SSSR count). The first-order valence-electron chi connectivity index (χ1n) is 9.81. The van der Waals surface area contributed by atoms with Gasteiger partial charge in [-0.1, -0.05) is 53.5 Å². The molecule has 2 aromatic carbocycles. The average Bonchev–Trinajstić information content (AvgIpc) is 2.71. The molecule has 0 aromatic heterocycles. The second kappa shape index (κ2) is 10.8. The van der Waals surface area contributed by atoms with E-state index in [1.54, 1.807) is 7.05 Å². The van der Waals surface area contributed by atoms with Crippen LogP contribution in [0.1, 0.15) is 36.6 Å². The fourth-order valence-corrected chi connectivity index (χ4v) is 4.18. The number of aliphatic carboxylic acids is 2. The van der Waals surface area contributed by atoms with Gasteiger partial charge < -0.3 is 26.0 Å². The van der Waals surface area contributed by atoms with E-state index < -0.39 is 29.2 Å². The normalized spacial score (nSPS) is 13.0. The lowest BCUT2D eigenvalue weighted by molar-refractivity contribution is -0.133. The lowest BCUT2D eigenvalue weighted by Gasteiger charge is -2.29. The van der Waals surface area contributed by atoms with Gasteiger partial charge in [0.15, 0.2) is 0 Å². The third-order valence-electron chi connectivity index (χ3n) is 4.89. The summed E-state index contributed by atoms with van der Waals surface area (Å²) in [7, 11) is 1.54. The van der Waals surface area contributed by atoms with Crippen LogP contribution < -0.4 is 10.6 Å². The number of aliphatic hydroxyl groups excluding tert-OH is 1. The Kier molecular flexibility index (Phi) is 8.69. The van der Waals surface area contributed by atoms with E-state index >= 15 is 0 Å². The monoisotopic (exact) mass is 480 g/mol. The Balaban J connectivity index is 2.42. The molecule has 1 atom stereocenters. The van der Waals surface area contributed by atoms with Gasteiger partial charge in [-0.25, -0.2) is 9.59 Å². The van der Waals surface area contributed by atoms with E-state index in [-0.39, 0.29) is 33.4 Å². The Labute approximate surface area is 196 Å². The first-order valence-corrected chi connectivity index (χ1v) is 10.6. The third kappa shape index (κ3) is 6.46. The molecular formula is C23H26Cl2N2O5. The number of rotatable bonds is 10. The summed E-state index contributed by atoms with van der Waals surface area (Å²) < 4.78 is 0. The molecule has 0 amide bonds. The van der Waals surface area contributed by atoms with E-state index in [0.717, 1.165) is 5.56 Å². The van der Waals surface area contributed by atoms with Crippen molar-refractivity contribution in [3.63, 3.8) is 0 Å². The van der Waals surface area contributed by atoms with Gasteiger partial charge in [0.1, 0.15) is 0 Å². The number of aliphatic hydroxyl groups is 1. The molecule has 0 aliphatic carbocycles. The third-order valence-corrected chi connectivity index (χ3v) is 5.56. The maximum Gasteiger partial charge on any atom is 0.336 e. The van der Waals surface area contributed by atoms with E-state index in [9.17, 15) is 19.8 Å². The van der Waals surface area contributed by atoms with Crippen LogP contribution in [0.4, 0.5) is 5.69 Å². The second-order valence-electron chi connectivity index (χ2n) is 7.91. The quantitative estimate of drug-likeness (QED) is 0.322. The number of benzene rings is 2. The summed E-state index contributed by atoms with van der Waals surface area (Å²) in [5.74, 6) is -2.95. The molecule has 0 heterocycles. The number of halogens is 2. The molecule has 0 saturated carbocycles. The maximum atomic E-state index is 11.8. The van der Waals surface area contributed by atoms with Crippen molar-refractivity contribution in [3.8, 4) is 0 Å². The van der Waals surface area contributed by atoms with Crippen LogP contribution in [0.3, 0.4) is 0 Å². The first kappa shape index (κ1) is 25.7. The van der Waals surface area contributed by atoms with Gasteiger partial charge in [0.05, 0.1) is 27.4 Å². The van der Waals surface area contributed by atoms with Gasteiger partial charge in [0.2, 0.25) is 0 Å². The van der Waals surface area contributed by atoms with Gasteiger partial charge in [-0.2, -0.15) is 0 Å². The van der Waals surface area contributed by atoms with E-state index in [4.69, 9.17) is 28.3 Å². The number of carbonyl (C=O) groups is 2. The summed E-state index contributed by atoms with van der Waals surface area (Å²) in [5, 5.41) is 35.8. The maximum absolute atomic E-state index is 11.8. The fourth-order valence-electron chi connectivity index (χ4n) is 3.42. The van der Waals surface area contributed by atoms with Crippen LogP contribution in [0.15, 0.2) is 42.5 Å². The van der Waals surface area contributed by atoms with Crippen LogP contribution in [0.5, 0.6) is 0 Å². The molecule has 0 aliphatic heterocycles. The summed E-state index contributed by atoms with van der Waals surface area (Å²) >= 11 is 12.7. The molecule has 0 aliphatic rings. The van der Waals surface area contributed by atoms with Crippen molar-refractivity contribution in [2.75, 3.05) is 18.9 Å². The van der Waals surface area contributed by atoms with Crippen LogP contribution in [0.2, 0.25) is 10.0 Å². The molecule has 0 bridgehead atoms. The van der Waals surface area contributed by atoms with Crippen molar-refractivity contribution in [2.24, 2.45) is 0 Å². The van der Waals surface area contributed by atoms with Gasteiger partial charge in [0, 0.05) is 30.8 Å². The van der Waals surface area contributed by atoms with Gasteiger partial charge in [-0.3, -0.25) is 0 Å². The minimum atomic E-state index is -1.50. The van der Waals surface area contributed by atoms with Gasteiger partial charge in [-0.05, 0) is 37.5 Å². The molecular weight excluding hydrogens is 455 g/mol. The standard InChI is InChI=1S/C23H26Cl2N2O5/c1-23(2,11-13-7-5-4-6-8-13)27-12-17(28)14-9-16(24)21(26-3)20(25)19(14)15(22(31)32)10-18(29)30/h4-10,17,26-28H,11-12H2,1-3H3,(H,29,30)(H,31,32)/b15-10-. The number of nitrogens with one attached hydrogen (secondary N) is 2. The Morgan fingerprint density at radius 3 is 2.31 bits per heavy atom. The Morgan fingerprint density at radius 1 is 1.16 bits per heavy atom. The first-order chi connectivity index (χ1) is 15.0. The highest BCUT2D eigenvalue weighted by atomic mass is 35.5. The lowest BCUT2D eigenvalue weighted by Crippen LogP contribution is -2.43. The van der Waals surface area contributed by atoms with Crippen molar-refractivity contribution >= 4 is 46.4 Å². The smallest absolute Gasteiger partial charge is 0.336 e. The van der Waals surface area contributed by atoms with Crippen LogP contribution in [-0.4, -0.2) is 46.4 Å². The zero-order valence-electron chi connectivity index (χ0n) is 17.9. The van der Waals surface area contributed by atoms with Crippen LogP contribution >= 0.6 is 23.2 Å². The number of hydrogen-bond acceptors (Lipinski definition) is 5. The lowest BCUT2D eigenvalue weighted by atomic mass is 9.92. The predicted molar refractivity (Wildman–Crippen MR) is 126 cm³/mol. The molecule has 0 saturated heterocycles. The minimum absolute atomic E-state index is 0.0539. The van der Waals surface area contributed by atoms with Crippen molar-refractivity contribution in [1.82, 2.24) is 5.32 Å². The summed E-state index contributed by atoms with van der Waals surface area (Å²) in [6.45, 7) is 4.01. The molecule has 2 aromatic rings. The Morgan fingerprint density at radius 2 is 1.78 bits per heavy atom. The number of carboxylic acids is 2. The number of hydrogen-bond donors (Lipinski definition) is 5. The zero-order valence-corrected chi connectivity index (χ0v) is 19.5. The van der Waals surface area contributed by atoms with Crippen LogP contribution in [0.25, 0.3) is 5.57 Å². The highest BCUT2D eigenvalue weighted by molar-refractivity contribution is 6.41. The van der Waals surface area contributed by atoms with E-state index in [1.807, 2.05) is 44.2 Å². The average molecular weight is 481 g/mol. The summed E-state index contributed by atoms with van der Waals surface area (Å²) in [6.07, 6.45) is 0.0183. The van der Waals surface area contributed by atoms with E-state index in [0.29, 0.717) is 12.5 Å². The van der Waals surface area contributed by atoms with Crippen LogP contribution in [0, 0.1) is 0 Å². The molecule has 32 heavy (non-hydrogen) atoms. The Bertz CT molecular complexity index is 1020. The molecule has 5 N–H and O–H groups in total. The van der Waals surface area contributed by atoms with Gasteiger partial charge >= 0.3 is 11.9 Å². The van der Waals surface area contributed by atoms with Gasteiger partial charge in [-0.15, -0.1) is 0 Å². The fraction of sp³-hybridized carbons (Fsp3) is 0.304. The van der Waals surface area contributed by atoms with Crippen molar-refractivity contribution in [1.29, 1.82) is 0 Å². The molecule has 172 valence electrons. The van der Waals surface area contributed by atoms with Crippen molar-refractivity contribution in [3.05, 3.63) is 69.2 Å². The van der Waals surface area contributed by atoms with Crippen LogP contribution in [-0.2, 0) is 16.0 Å². The number of anilines is 1. The second-order valence-corrected chi connectivity index (χ2v) is 8.69. The topological polar surface area (TPSA) is 119 Å². The summed E-state index contributed by atoms with van der Waals surface area (Å²) in [4.78, 5) is 23.1. The van der Waals surface area contributed by atoms with Crippen molar-refractivity contribution in [2.45, 2.75) is 31.9 Å². The minimum Gasteiger partial charge on any atom is -0.478 e. The number of carboxylic acid groups (broad SMARTS) is 2. The van der Waals surface area contributed by atoms with Crippen molar-refractivity contribution < 1.29 is 24.9 Å². The SMILES string of the molecule is CNc1c(Cl)cc(C(O)CNC(C)(C)Cc2ccccc2)c(/C(=C/C(=O)O)C(=O)O)c1Cl. The zero-order chi connectivity index (χ0) is 24.1.